The third kappa shape index (κ3) is 4.65. The Hall–Kier alpha value is -1.86. The SMILES string of the molecule is O=C(CSc1ccc(F)cc1)N1CC[C@H](c2ccccc2)S(=O)(=O)CC1. The molecule has 2 aromatic rings. The van der Waals surface area contributed by atoms with E-state index in [1.807, 2.05) is 30.3 Å². The smallest absolute Gasteiger partial charge is 0.232 e. The topological polar surface area (TPSA) is 54.5 Å². The number of thioether (sulfide) groups is 1. The van der Waals surface area contributed by atoms with Crippen molar-refractivity contribution in [2.24, 2.45) is 0 Å². The molecule has 1 atom stereocenters. The van der Waals surface area contributed by atoms with Gasteiger partial charge in [-0.05, 0) is 36.2 Å². The molecule has 0 unspecified atom stereocenters. The van der Waals surface area contributed by atoms with Crippen LogP contribution >= 0.6 is 11.8 Å². The molecule has 0 N–H and O–H groups in total. The third-order valence-corrected chi connectivity index (χ3v) is 7.56. The van der Waals surface area contributed by atoms with Crippen molar-refractivity contribution in [2.75, 3.05) is 24.6 Å². The molecular formula is C19H20FNO3S2. The van der Waals surface area contributed by atoms with Gasteiger partial charge in [-0.3, -0.25) is 4.79 Å². The molecule has 4 nitrogen and oxygen atoms in total. The molecule has 1 amide bonds. The van der Waals surface area contributed by atoms with Crippen molar-refractivity contribution in [3.63, 3.8) is 0 Å². The van der Waals surface area contributed by atoms with E-state index in [0.29, 0.717) is 13.0 Å². The first kappa shape index (κ1) is 18.9. The second-order valence-electron chi connectivity index (χ2n) is 6.18. The number of sulfone groups is 1. The monoisotopic (exact) mass is 393 g/mol. The van der Waals surface area contributed by atoms with Crippen LogP contribution in [0.15, 0.2) is 59.5 Å². The average molecular weight is 394 g/mol. The van der Waals surface area contributed by atoms with Crippen LogP contribution < -0.4 is 0 Å². The highest BCUT2D eigenvalue weighted by atomic mass is 32.2. The minimum atomic E-state index is -3.29. The molecule has 3 rings (SSSR count). The molecule has 0 saturated carbocycles. The average Bonchev–Trinajstić information content (AvgIpc) is 2.80. The highest BCUT2D eigenvalue weighted by Crippen LogP contribution is 2.29. The van der Waals surface area contributed by atoms with Crippen LogP contribution in [0.25, 0.3) is 0 Å². The molecule has 26 heavy (non-hydrogen) atoms. The van der Waals surface area contributed by atoms with E-state index in [0.717, 1.165) is 10.5 Å². The Morgan fingerprint density at radius 3 is 2.46 bits per heavy atom. The van der Waals surface area contributed by atoms with Crippen molar-refractivity contribution < 1.29 is 17.6 Å². The predicted molar refractivity (Wildman–Crippen MR) is 101 cm³/mol. The summed E-state index contributed by atoms with van der Waals surface area (Å²) in [5, 5.41) is -0.564. The molecule has 1 aliphatic heterocycles. The van der Waals surface area contributed by atoms with Crippen molar-refractivity contribution in [3.05, 3.63) is 66.0 Å². The summed E-state index contributed by atoms with van der Waals surface area (Å²) in [6, 6.07) is 15.1. The highest BCUT2D eigenvalue weighted by molar-refractivity contribution is 8.00. The highest BCUT2D eigenvalue weighted by Gasteiger charge is 2.32. The Morgan fingerprint density at radius 1 is 1.08 bits per heavy atom. The summed E-state index contributed by atoms with van der Waals surface area (Å²) in [4.78, 5) is 14.9. The van der Waals surface area contributed by atoms with Crippen molar-refractivity contribution in [2.45, 2.75) is 16.6 Å². The zero-order valence-electron chi connectivity index (χ0n) is 14.2. The Bertz CT molecular complexity index is 854. The van der Waals surface area contributed by atoms with Crippen LogP contribution in [-0.2, 0) is 14.6 Å². The lowest BCUT2D eigenvalue weighted by molar-refractivity contribution is -0.128. The van der Waals surface area contributed by atoms with Crippen LogP contribution in [0, 0.1) is 5.82 Å². The van der Waals surface area contributed by atoms with E-state index < -0.39 is 15.1 Å². The molecule has 0 aromatic heterocycles. The van der Waals surface area contributed by atoms with Crippen molar-refractivity contribution in [3.8, 4) is 0 Å². The molecule has 1 heterocycles. The van der Waals surface area contributed by atoms with Gasteiger partial charge in [0.2, 0.25) is 5.91 Å². The van der Waals surface area contributed by atoms with E-state index in [1.54, 1.807) is 17.0 Å². The van der Waals surface area contributed by atoms with E-state index in [9.17, 15) is 17.6 Å². The fourth-order valence-corrected chi connectivity index (χ4v) is 5.60. The van der Waals surface area contributed by atoms with Gasteiger partial charge >= 0.3 is 0 Å². The van der Waals surface area contributed by atoms with E-state index in [1.165, 1.54) is 23.9 Å². The molecule has 0 radical (unpaired) electrons. The number of nitrogens with zero attached hydrogens (tertiary/aromatic N) is 1. The number of amides is 1. The van der Waals surface area contributed by atoms with Crippen molar-refractivity contribution in [1.29, 1.82) is 0 Å². The summed E-state index contributed by atoms with van der Waals surface area (Å²) in [5.41, 5.74) is 0.780. The summed E-state index contributed by atoms with van der Waals surface area (Å²) in [5.74, 6) is -0.227. The van der Waals surface area contributed by atoms with Gasteiger partial charge in [0.15, 0.2) is 9.84 Å². The summed E-state index contributed by atoms with van der Waals surface area (Å²) < 4.78 is 38.1. The van der Waals surface area contributed by atoms with Gasteiger partial charge in [0.1, 0.15) is 5.82 Å². The maximum absolute atomic E-state index is 12.9. The van der Waals surface area contributed by atoms with Crippen LogP contribution in [0.2, 0.25) is 0 Å². The molecule has 1 fully saturated rings. The predicted octanol–water partition coefficient (Wildman–Crippen LogP) is 3.31. The largest absolute Gasteiger partial charge is 0.341 e. The van der Waals surface area contributed by atoms with Gasteiger partial charge in [-0.2, -0.15) is 0 Å². The number of hydrogen-bond donors (Lipinski definition) is 0. The van der Waals surface area contributed by atoms with Crippen molar-refractivity contribution >= 4 is 27.5 Å². The van der Waals surface area contributed by atoms with Crippen LogP contribution in [0.3, 0.4) is 0 Å². The molecule has 0 bridgehead atoms. The first-order valence-electron chi connectivity index (χ1n) is 8.38. The zero-order valence-corrected chi connectivity index (χ0v) is 15.8. The van der Waals surface area contributed by atoms with Gasteiger partial charge in [0.25, 0.3) is 0 Å². The number of carbonyl (C=O) groups is 1. The lowest BCUT2D eigenvalue weighted by Gasteiger charge is -2.19. The van der Waals surface area contributed by atoms with Gasteiger partial charge in [-0.1, -0.05) is 30.3 Å². The number of rotatable bonds is 4. The minimum absolute atomic E-state index is 0.0283. The standard InChI is InChI=1S/C19H20FNO3S2/c20-16-6-8-17(9-7-16)25-14-19(22)21-11-10-18(26(23,24)13-12-21)15-4-2-1-3-5-15/h1-9,18H,10-14H2/t18-/m1/s1. The normalized spacial score (nSPS) is 19.7. The Kier molecular flexibility index (Phi) is 5.98. The molecule has 7 heteroatoms. The molecule has 1 aliphatic rings. The molecule has 0 spiro atoms. The summed E-state index contributed by atoms with van der Waals surface area (Å²) >= 11 is 1.33. The maximum Gasteiger partial charge on any atom is 0.232 e. The summed E-state index contributed by atoms with van der Waals surface area (Å²) in [6.07, 6.45) is 0.402. The van der Waals surface area contributed by atoms with E-state index in [4.69, 9.17) is 0 Å². The molecular weight excluding hydrogens is 373 g/mol. The molecule has 1 saturated heterocycles. The second-order valence-corrected chi connectivity index (χ2v) is 9.53. The number of halogens is 1. The summed E-state index contributed by atoms with van der Waals surface area (Å²) in [6.45, 7) is 0.635. The fourth-order valence-electron chi connectivity index (χ4n) is 3.00. The lowest BCUT2D eigenvalue weighted by Crippen LogP contribution is -2.34. The van der Waals surface area contributed by atoms with Gasteiger partial charge in [0, 0.05) is 18.0 Å². The quantitative estimate of drug-likeness (QED) is 0.748. The lowest BCUT2D eigenvalue weighted by atomic mass is 10.1. The van der Waals surface area contributed by atoms with Gasteiger partial charge in [-0.25, -0.2) is 12.8 Å². The van der Waals surface area contributed by atoms with Crippen LogP contribution in [0.5, 0.6) is 0 Å². The number of carbonyl (C=O) groups excluding carboxylic acids is 1. The minimum Gasteiger partial charge on any atom is -0.341 e. The van der Waals surface area contributed by atoms with Gasteiger partial charge < -0.3 is 4.90 Å². The maximum atomic E-state index is 12.9. The first-order valence-corrected chi connectivity index (χ1v) is 11.1. The number of benzene rings is 2. The summed E-state index contributed by atoms with van der Waals surface area (Å²) in [7, 11) is -3.29. The van der Waals surface area contributed by atoms with Crippen LogP contribution in [0.4, 0.5) is 4.39 Å². The van der Waals surface area contributed by atoms with Crippen LogP contribution in [-0.4, -0.2) is 43.8 Å². The Balaban J connectivity index is 1.63. The zero-order chi connectivity index (χ0) is 18.6. The second kappa shape index (κ2) is 8.22. The van der Waals surface area contributed by atoms with E-state index in [-0.39, 0.29) is 29.8 Å². The van der Waals surface area contributed by atoms with E-state index >= 15 is 0 Å². The van der Waals surface area contributed by atoms with Gasteiger partial charge in [-0.15, -0.1) is 11.8 Å². The van der Waals surface area contributed by atoms with Gasteiger partial charge in [0.05, 0.1) is 16.8 Å². The fraction of sp³-hybridized carbons (Fsp3) is 0.316. The third-order valence-electron chi connectivity index (χ3n) is 4.44. The molecule has 2 aromatic carbocycles. The number of hydrogen-bond acceptors (Lipinski definition) is 4. The molecule has 138 valence electrons. The van der Waals surface area contributed by atoms with E-state index in [2.05, 4.69) is 0 Å². The van der Waals surface area contributed by atoms with Crippen LogP contribution in [0.1, 0.15) is 17.2 Å². The Labute approximate surface area is 157 Å². The molecule has 0 aliphatic carbocycles. The first-order chi connectivity index (χ1) is 12.5. The Morgan fingerprint density at radius 2 is 1.77 bits per heavy atom. The van der Waals surface area contributed by atoms with Crippen molar-refractivity contribution in [1.82, 2.24) is 4.90 Å².